The highest BCUT2D eigenvalue weighted by Crippen LogP contribution is 2.20. The molecule has 0 saturated heterocycles. The molecule has 1 aliphatic heterocycles. The summed E-state index contributed by atoms with van der Waals surface area (Å²) in [6.45, 7) is -0.188. The Balaban J connectivity index is 1.45. The number of hydrazone groups is 1. The minimum atomic E-state index is -0.333. The van der Waals surface area contributed by atoms with Gasteiger partial charge < -0.3 is 9.84 Å². The summed E-state index contributed by atoms with van der Waals surface area (Å²) in [6.07, 6.45) is 2.58. The van der Waals surface area contributed by atoms with E-state index in [2.05, 4.69) is 20.6 Å². The van der Waals surface area contributed by atoms with Gasteiger partial charge in [0.15, 0.2) is 0 Å². The van der Waals surface area contributed by atoms with Crippen molar-refractivity contribution in [3.8, 4) is 11.4 Å². The number of hydrogen-bond donors (Lipinski definition) is 1. The highest BCUT2D eigenvalue weighted by atomic mass is 32.2. The van der Waals surface area contributed by atoms with Crippen molar-refractivity contribution in [1.82, 2.24) is 15.1 Å². The van der Waals surface area contributed by atoms with E-state index in [1.165, 1.54) is 0 Å². The Bertz CT molecular complexity index is 1080. The zero-order valence-corrected chi connectivity index (χ0v) is 17.1. The maximum atomic E-state index is 12.4. The zero-order valence-electron chi connectivity index (χ0n) is 16.2. The van der Waals surface area contributed by atoms with Gasteiger partial charge in [-0.05, 0) is 30.5 Å². The molecule has 0 spiro atoms. The van der Waals surface area contributed by atoms with E-state index in [-0.39, 0.29) is 30.7 Å². The van der Waals surface area contributed by atoms with Crippen LogP contribution in [0.15, 0.2) is 69.1 Å². The Morgan fingerprint density at radius 3 is 2.63 bits per heavy atom. The topological polar surface area (TPSA) is 101 Å². The molecule has 30 heavy (non-hydrogen) atoms. The van der Waals surface area contributed by atoms with Crippen molar-refractivity contribution in [3.63, 3.8) is 0 Å². The molecule has 0 aliphatic carbocycles. The fourth-order valence-corrected chi connectivity index (χ4v) is 3.34. The van der Waals surface area contributed by atoms with Gasteiger partial charge in [-0.3, -0.25) is 9.59 Å². The lowest BCUT2D eigenvalue weighted by molar-refractivity contribution is -0.135. The molecule has 0 fully saturated rings. The molecular formula is C21H19N5O3S. The van der Waals surface area contributed by atoms with Crippen molar-refractivity contribution < 1.29 is 14.1 Å². The van der Waals surface area contributed by atoms with Crippen molar-refractivity contribution in [2.45, 2.75) is 17.7 Å². The van der Waals surface area contributed by atoms with Crippen LogP contribution in [0.4, 0.5) is 5.69 Å². The van der Waals surface area contributed by atoms with Crippen molar-refractivity contribution in [2.24, 2.45) is 5.10 Å². The van der Waals surface area contributed by atoms with Crippen molar-refractivity contribution in [3.05, 3.63) is 60.5 Å². The van der Waals surface area contributed by atoms with Crippen LogP contribution in [-0.4, -0.2) is 45.5 Å². The first-order valence-corrected chi connectivity index (χ1v) is 10.6. The normalized spacial score (nSPS) is 13.8. The van der Waals surface area contributed by atoms with Crippen LogP contribution in [0.25, 0.3) is 11.4 Å². The summed E-state index contributed by atoms with van der Waals surface area (Å²) in [5.41, 5.74) is 1.97. The van der Waals surface area contributed by atoms with Gasteiger partial charge >= 0.3 is 0 Å². The number of anilines is 1. The van der Waals surface area contributed by atoms with Gasteiger partial charge in [-0.1, -0.05) is 35.5 Å². The first-order valence-electron chi connectivity index (χ1n) is 9.33. The van der Waals surface area contributed by atoms with Crippen LogP contribution in [0, 0.1) is 0 Å². The lowest BCUT2D eigenvalue weighted by Gasteiger charge is -2.21. The van der Waals surface area contributed by atoms with Gasteiger partial charge in [0.25, 0.3) is 5.89 Å². The molecule has 0 bridgehead atoms. The molecule has 0 radical (unpaired) electrons. The Morgan fingerprint density at radius 2 is 1.90 bits per heavy atom. The molecule has 3 aromatic rings. The van der Waals surface area contributed by atoms with Crippen molar-refractivity contribution in [2.75, 3.05) is 18.1 Å². The van der Waals surface area contributed by atoms with Crippen LogP contribution >= 0.6 is 11.8 Å². The fourth-order valence-electron chi connectivity index (χ4n) is 2.94. The van der Waals surface area contributed by atoms with Crippen LogP contribution in [0.1, 0.15) is 18.7 Å². The van der Waals surface area contributed by atoms with Crippen LogP contribution in [-0.2, 0) is 9.59 Å². The van der Waals surface area contributed by atoms with E-state index >= 15 is 0 Å². The third kappa shape index (κ3) is 4.57. The molecule has 0 saturated carbocycles. The molecule has 2 aromatic carbocycles. The first-order chi connectivity index (χ1) is 14.6. The SMILES string of the molecule is CSc1ccc(NC(=O)CN2N=C(c3nc(-c4ccccc4)no3)CCC2=O)cc1. The third-order valence-electron chi connectivity index (χ3n) is 4.48. The molecule has 0 atom stereocenters. The number of nitrogens with zero attached hydrogens (tertiary/aromatic N) is 4. The smallest absolute Gasteiger partial charge is 0.274 e. The number of carbonyl (C=O) groups is 2. The molecule has 152 valence electrons. The van der Waals surface area contributed by atoms with E-state index in [4.69, 9.17) is 4.52 Å². The molecule has 9 heteroatoms. The molecule has 8 nitrogen and oxygen atoms in total. The molecule has 0 unspecified atom stereocenters. The largest absolute Gasteiger partial charge is 0.332 e. The maximum absolute atomic E-state index is 12.4. The van der Waals surface area contributed by atoms with Gasteiger partial charge in [0, 0.05) is 29.0 Å². The van der Waals surface area contributed by atoms with Crippen LogP contribution in [0.5, 0.6) is 0 Å². The van der Waals surface area contributed by atoms with E-state index in [0.717, 1.165) is 15.5 Å². The number of carbonyl (C=O) groups excluding carboxylic acids is 2. The predicted octanol–water partition coefficient (Wildman–Crippen LogP) is 3.42. The van der Waals surface area contributed by atoms with Crippen molar-refractivity contribution in [1.29, 1.82) is 0 Å². The third-order valence-corrected chi connectivity index (χ3v) is 5.22. The summed E-state index contributed by atoms with van der Waals surface area (Å²) in [7, 11) is 0. The molecule has 1 aliphatic rings. The van der Waals surface area contributed by atoms with Crippen LogP contribution in [0.2, 0.25) is 0 Å². The highest BCUT2D eigenvalue weighted by molar-refractivity contribution is 7.98. The van der Waals surface area contributed by atoms with Gasteiger partial charge in [-0.15, -0.1) is 11.8 Å². The predicted molar refractivity (Wildman–Crippen MR) is 114 cm³/mol. The number of aromatic nitrogens is 2. The second-order valence-electron chi connectivity index (χ2n) is 6.56. The summed E-state index contributed by atoms with van der Waals surface area (Å²) in [5, 5.41) is 12.2. The average molecular weight is 421 g/mol. The summed E-state index contributed by atoms with van der Waals surface area (Å²) >= 11 is 1.62. The minimum Gasteiger partial charge on any atom is -0.332 e. The van der Waals surface area contributed by atoms with E-state index < -0.39 is 0 Å². The Hall–Kier alpha value is -3.46. The summed E-state index contributed by atoms with van der Waals surface area (Å²) in [6, 6.07) is 16.9. The van der Waals surface area contributed by atoms with Crippen molar-refractivity contribution >= 4 is 35.0 Å². The lowest BCUT2D eigenvalue weighted by atomic mass is 10.1. The lowest BCUT2D eigenvalue weighted by Crippen LogP contribution is -2.38. The minimum absolute atomic E-state index is 0.188. The van der Waals surface area contributed by atoms with E-state index in [1.54, 1.807) is 11.8 Å². The average Bonchev–Trinajstić information content (AvgIpc) is 3.27. The Kier molecular flexibility index (Phi) is 5.89. The fraction of sp³-hybridized carbons (Fsp3) is 0.190. The Labute approximate surface area is 177 Å². The first kappa shape index (κ1) is 19.8. The van der Waals surface area contributed by atoms with Gasteiger partial charge in [0.05, 0.1) is 0 Å². The number of rotatable bonds is 6. The van der Waals surface area contributed by atoms with Crippen LogP contribution in [0.3, 0.4) is 0 Å². The Morgan fingerprint density at radius 1 is 1.13 bits per heavy atom. The summed E-state index contributed by atoms with van der Waals surface area (Å²) < 4.78 is 5.33. The number of thioether (sulfide) groups is 1. The monoisotopic (exact) mass is 421 g/mol. The van der Waals surface area contributed by atoms with Gasteiger partial charge in [0.2, 0.25) is 17.6 Å². The number of nitrogens with one attached hydrogen (secondary N) is 1. The summed E-state index contributed by atoms with van der Waals surface area (Å²) in [4.78, 5) is 30.1. The molecule has 1 N–H and O–H groups in total. The molecule has 1 aromatic heterocycles. The number of hydrogen-bond acceptors (Lipinski definition) is 7. The quantitative estimate of drug-likeness (QED) is 0.612. The van der Waals surface area contributed by atoms with Crippen LogP contribution < -0.4 is 5.32 Å². The second-order valence-corrected chi connectivity index (χ2v) is 7.44. The highest BCUT2D eigenvalue weighted by Gasteiger charge is 2.26. The second kappa shape index (κ2) is 8.91. The molecule has 2 heterocycles. The molecule has 4 rings (SSSR count). The summed E-state index contributed by atoms with van der Waals surface area (Å²) in [5.74, 6) is 0.137. The van der Waals surface area contributed by atoms with E-state index in [0.29, 0.717) is 23.6 Å². The number of amides is 2. The van der Waals surface area contributed by atoms with Gasteiger partial charge in [-0.25, -0.2) is 5.01 Å². The van der Waals surface area contributed by atoms with E-state index in [9.17, 15) is 9.59 Å². The molecular weight excluding hydrogens is 402 g/mol. The van der Waals surface area contributed by atoms with E-state index in [1.807, 2.05) is 60.9 Å². The maximum Gasteiger partial charge on any atom is 0.274 e. The number of benzene rings is 2. The zero-order chi connectivity index (χ0) is 20.9. The molecule has 2 amide bonds. The van der Waals surface area contributed by atoms with Gasteiger partial charge in [-0.2, -0.15) is 10.1 Å². The van der Waals surface area contributed by atoms with Gasteiger partial charge in [0.1, 0.15) is 12.3 Å². The standard InChI is InChI=1S/C21H19N5O3S/c1-30-16-9-7-15(8-10-16)22-18(27)13-26-19(28)12-11-17(24-26)21-23-20(25-29-21)14-5-3-2-4-6-14/h2-10H,11-13H2,1H3,(H,22,27).